The van der Waals surface area contributed by atoms with Gasteiger partial charge in [-0.2, -0.15) is 0 Å². The van der Waals surface area contributed by atoms with Gasteiger partial charge < -0.3 is 20.1 Å². The van der Waals surface area contributed by atoms with Gasteiger partial charge in [0.2, 0.25) is 5.91 Å². The van der Waals surface area contributed by atoms with Gasteiger partial charge in [-0.1, -0.05) is 48.5 Å². The zero-order chi connectivity index (χ0) is 22.9. The van der Waals surface area contributed by atoms with Gasteiger partial charge in [-0.15, -0.1) is 11.8 Å². The van der Waals surface area contributed by atoms with Crippen LogP contribution in [0.15, 0.2) is 48.5 Å². The van der Waals surface area contributed by atoms with E-state index in [4.69, 9.17) is 4.74 Å². The third-order valence-corrected chi connectivity index (χ3v) is 7.86. The molecule has 1 aliphatic heterocycles. The average Bonchev–Trinajstić information content (AvgIpc) is 3.40. The first-order chi connectivity index (χ1) is 16.0. The van der Waals surface area contributed by atoms with Crippen molar-refractivity contribution in [1.29, 1.82) is 0 Å². The van der Waals surface area contributed by atoms with E-state index in [1.807, 2.05) is 24.3 Å². The third-order valence-electron chi connectivity index (χ3n) is 6.85. The Balaban J connectivity index is 1.09. The number of benzene rings is 2. The molecule has 8 heteroatoms. The number of amides is 2. The lowest BCUT2D eigenvalue weighted by Gasteiger charge is -2.36. The first-order valence-corrected chi connectivity index (χ1v) is 12.4. The Morgan fingerprint density at radius 3 is 2.30 bits per heavy atom. The summed E-state index contributed by atoms with van der Waals surface area (Å²) in [5.41, 5.74) is 4.73. The number of nitrogens with zero attached hydrogens (tertiary/aromatic N) is 1. The number of carboxylic acids is 1. The van der Waals surface area contributed by atoms with Crippen molar-refractivity contribution in [1.82, 2.24) is 10.2 Å². The van der Waals surface area contributed by atoms with E-state index in [9.17, 15) is 19.5 Å². The standard InChI is InChI=1S/C25H26N2O5S/c28-23(27-14-33-13-22(27)24(29)30)11-15-9-16(10-15)26-25(31)32-12-21-19-7-3-1-5-17(19)18-6-2-4-8-20(18)21/h1-8,15-16,21-22H,9-14H2,(H,26,31)(H,29,30). The summed E-state index contributed by atoms with van der Waals surface area (Å²) >= 11 is 1.47. The van der Waals surface area contributed by atoms with Gasteiger partial charge in [-0.3, -0.25) is 4.79 Å². The van der Waals surface area contributed by atoms with E-state index in [0.717, 1.165) is 0 Å². The minimum Gasteiger partial charge on any atom is -0.480 e. The molecule has 1 unspecified atom stereocenters. The van der Waals surface area contributed by atoms with Crippen LogP contribution < -0.4 is 5.32 Å². The second-order valence-electron chi connectivity index (χ2n) is 8.93. The van der Waals surface area contributed by atoms with Gasteiger partial charge in [0.1, 0.15) is 12.6 Å². The van der Waals surface area contributed by atoms with Crippen LogP contribution in [0.3, 0.4) is 0 Å². The Bertz CT molecular complexity index is 1040. The molecule has 33 heavy (non-hydrogen) atoms. The van der Waals surface area contributed by atoms with Crippen molar-refractivity contribution in [2.45, 2.75) is 37.3 Å². The Morgan fingerprint density at radius 1 is 1.03 bits per heavy atom. The topological polar surface area (TPSA) is 95.9 Å². The molecular formula is C25H26N2O5S. The van der Waals surface area contributed by atoms with Crippen LogP contribution >= 0.6 is 11.8 Å². The van der Waals surface area contributed by atoms with Gasteiger partial charge in [0, 0.05) is 24.1 Å². The summed E-state index contributed by atoms with van der Waals surface area (Å²) in [6.07, 6.45) is 1.30. The molecule has 2 aromatic carbocycles. The molecule has 2 aromatic rings. The smallest absolute Gasteiger partial charge is 0.407 e. The van der Waals surface area contributed by atoms with Crippen LogP contribution in [0.5, 0.6) is 0 Å². The maximum atomic E-state index is 12.5. The van der Waals surface area contributed by atoms with Crippen LogP contribution in [0, 0.1) is 5.92 Å². The minimum atomic E-state index is -0.947. The molecule has 7 nitrogen and oxygen atoms in total. The normalized spacial score (nSPS) is 23.4. The van der Waals surface area contributed by atoms with Crippen molar-refractivity contribution in [3.05, 3.63) is 59.7 Å². The summed E-state index contributed by atoms with van der Waals surface area (Å²) in [7, 11) is 0. The van der Waals surface area contributed by atoms with Crippen LogP contribution in [0.25, 0.3) is 11.1 Å². The number of rotatable bonds is 6. The molecule has 1 saturated carbocycles. The number of ether oxygens (including phenoxy) is 1. The molecular weight excluding hydrogens is 440 g/mol. The van der Waals surface area contributed by atoms with Gasteiger partial charge in [0.25, 0.3) is 0 Å². The number of hydrogen-bond donors (Lipinski definition) is 2. The molecule has 5 rings (SSSR count). The Labute approximate surface area is 196 Å². The summed E-state index contributed by atoms with van der Waals surface area (Å²) < 4.78 is 5.59. The van der Waals surface area contributed by atoms with Crippen LogP contribution in [-0.2, 0) is 14.3 Å². The third kappa shape index (κ3) is 4.31. The van der Waals surface area contributed by atoms with E-state index in [1.165, 1.54) is 38.9 Å². The van der Waals surface area contributed by atoms with Crippen molar-refractivity contribution in [2.75, 3.05) is 18.2 Å². The Hall–Kier alpha value is -3.00. The molecule has 0 radical (unpaired) electrons. The molecule has 1 heterocycles. The summed E-state index contributed by atoms with van der Waals surface area (Å²) in [5.74, 6) is 0.00220. The number of aliphatic carboxylic acids is 1. The monoisotopic (exact) mass is 466 g/mol. The first kappa shape index (κ1) is 21.8. The number of nitrogens with one attached hydrogen (secondary N) is 1. The molecule has 1 atom stereocenters. The molecule has 0 bridgehead atoms. The minimum absolute atomic E-state index is 0.0123. The van der Waals surface area contributed by atoms with Gasteiger partial charge in [0.15, 0.2) is 0 Å². The molecule has 2 aliphatic carbocycles. The highest BCUT2D eigenvalue weighted by Crippen LogP contribution is 2.44. The largest absolute Gasteiger partial charge is 0.480 e. The van der Waals surface area contributed by atoms with Crippen LogP contribution in [0.1, 0.15) is 36.3 Å². The molecule has 3 aliphatic rings. The lowest BCUT2D eigenvalue weighted by molar-refractivity contribution is -0.148. The van der Waals surface area contributed by atoms with Crippen molar-refractivity contribution in [2.24, 2.45) is 5.92 Å². The Morgan fingerprint density at radius 2 is 1.67 bits per heavy atom. The van der Waals surface area contributed by atoms with Crippen molar-refractivity contribution < 1.29 is 24.2 Å². The van der Waals surface area contributed by atoms with E-state index in [-0.39, 0.29) is 30.4 Å². The maximum Gasteiger partial charge on any atom is 0.407 e. The fourth-order valence-corrected chi connectivity index (χ4v) is 6.26. The molecule has 2 amide bonds. The second kappa shape index (κ2) is 9.09. The van der Waals surface area contributed by atoms with Crippen LogP contribution in [-0.4, -0.2) is 58.3 Å². The fraction of sp³-hybridized carbons (Fsp3) is 0.400. The van der Waals surface area contributed by atoms with E-state index in [0.29, 0.717) is 30.9 Å². The summed E-state index contributed by atoms with van der Waals surface area (Å²) in [4.78, 5) is 37.6. The van der Waals surface area contributed by atoms with Crippen LogP contribution in [0.4, 0.5) is 4.79 Å². The van der Waals surface area contributed by atoms with E-state index >= 15 is 0 Å². The quantitative estimate of drug-likeness (QED) is 0.674. The van der Waals surface area contributed by atoms with Gasteiger partial charge in [0.05, 0.1) is 5.88 Å². The van der Waals surface area contributed by atoms with Gasteiger partial charge >= 0.3 is 12.1 Å². The fourth-order valence-electron chi connectivity index (χ4n) is 5.08. The molecule has 172 valence electrons. The molecule has 0 spiro atoms. The molecule has 2 fully saturated rings. The number of hydrogen-bond acceptors (Lipinski definition) is 5. The molecule has 1 saturated heterocycles. The number of alkyl carbamates (subject to hydrolysis) is 1. The second-order valence-corrected chi connectivity index (χ2v) is 9.93. The van der Waals surface area contributed by atoms with Crippen LogP contribution in [0.2, 0.25) is 0 Å². The van der Waals surface area contributed by atoms with Gasteiger partial charge in [-0.05, 0) is 41.0 Å². The average molecular weight is 467 g/mol. The van der Waals surface area contributed by atoms with Crippen molar-refractivity contribution in [3.8, 4) is 11.1 Å². The van der Waals surface area contributed by atoms with Gasteiger partial charge in [-0.25, -0.2) is 9.59 Å². The lowest BCUT2D eigenvalue weighted by Crippen LogP contribution is -2.47. The van der Waals surface area contributed by atoms with Crippen molar-refractivity contribution in [3.63, 3.8) is 0 Å². The Kier molecular flexibility index (Phi) is 6.01. The molecule has 0 aromatic heterocycles. The van der Waals surface area contributed by atoms with E-state index < -0.39 is 18.1 Å². The summed E-state index contributed by atoms with van der Waals surface area (Å²) in [6, 6.07) is 15.7. The first-order valence-electron chi connectivity index (χ1n) is 11.2. The summed E-state index contributed by atoms with van der Waals surface area (Å²) in [6.45, 7) is 0.275. The maximum absolute atomic E-state index is 12.5. The lowest BCUT2D eigenvalue weighted by atomic mass is 9.78. The zero-order valence-corrected chi connectivity index (χ0v) is 18.9. The van der Waals surface area contributed by atoms with Crippen molar-refractivity contribution >= 4 is 29.7 Å². The van der Waals surface area contributed by atoms with E-state index in [1.54, 1.807) is 0 Å². The highest BCUT2D eigenvalue weighted by Gasteiger charge is 2.38. The summed E-state index contributed by atoms with van der Waals surface area (Å²) in [5, 5.41) is 12.2. The highest BCUT2D eigenvalue weighted by atomic mass is 32.2. The number of thioether (sulfide) groups is 1. The number of carbonyl (C=O) groups is 3. The van der Waals surface area contributed by atoms with E-state index in [2.05, 4.69) is 29.6 Å². The predicted octanol–water partition coefficient (Wildman–Crippen LogP) is 3.68. The number of fused-ring (bicyclic) bond motifs is 3. The zero-order valence-electron chi connectivity index (χ0n) is 18.1. The predicted molar refractivity (Wildman–Crippen MR) is 125 cm³/mol. The number of carbonyl (C=O) groups excluding carboxylic acids is 2. The molecule has 2 N–H and O–H groups in total. The SMILES string of the molecule is O=C(NC1CC(CC(=O)N2CSCC2C(=O)O)C1)OCC1c2ccccc2-c2ccccc21. The highest BCUT2D eigenvalue weighted by molar-refractivity contribution is 7.99. The number of carboxylic acid groups (broad SMARTS) is 1.